The standard InChI is InChI=1S/C23H39NO/c1-5-9-14-21(8-4)19-24(18-17-20(7-3)13-6-2)23(25)22-15-11-10-12-16-22/h10-12,15-16,20-21H,5-9,13-14,17-19H2,1-4H3. The van der Waals surface area contributed by atoms with Gasteiger partial charge in [-0.15, -0.1) is 0 Å². The van der Waals surface area contributed by atoms with Gasteiger partial charge in [-0.2, -0.15) is 0 Å². The summed E-state index contributed by atoms with van der Waals surface area (Å²) in [6.07, 6.45) is 9.75. The zero-order chi connectivity index (χ0) is 18.5. The number of hydrogen-bond donors (Lipinski definition) is 0. The number of amides is 1. The van der Waals surface area contributed by atoms with E-state index in [9.17, 15) is 4.79 Å². The van der Waals surface area contributed by atoms with E-state index in [4.69, 9.17) is 0 Å². The second-order valence-electron chi connectivity index (χ2n) is 7.39. The lowest BCUT2D eigenvalue weighted by Crippen LogP contribution is -2.37. The number of carbonyl (C=O) groups is 1. The molecule has 25 heavy (non-hydrogen) atoms. The predicted molar refractivity (Wildman–Crippen MR) is 109 cm³/mol. The van der Waals surface area contributed by atoms with Crippen LogP contribution in [0.4, 0.5) is 0 Å². The molecule has 1 aromatic carbocycles. The molecule has 0 heterocycles. The van der Waals surface area contributed by atoms with E-state index >= 15 is 0 Å². The van der Waals surface area contributed by atoms with Crippen molar-refractivity contribution < 1.29 is 4.79 Å². The maximum absolute atomic E-state index is 13.1. The van der Waals surface area contributed by atoms with Gasteiger partial charge in [-0.05, 0) is 36.8 Å². The first kappa shape index (κ1) is 21.7. The summed E-state index contributed by atoms with van der Waals surface area (Å²) < 4.78 is 0. The van der Waals surface area contributed by atoms with Gasteiger partial charge < -0.3 is 4.90 Å². The average molecular weight is 346 g/mol. The Labute approximate surface area is 156 Å². The lowest BCUT2D eigenvalue weighted by molar-refractivity contribution is 0.0710. The largest absolute Gasteiger partial charge is 0.338 e. The van der Waals surface area contributed by atoms with Gasteiger partial charge in [0.05, 0.1) is 0 Å². The highest BCUT2D eigenvalue weighted by Crippen LogP contribution is 2.20. The van der Waals surface area contributed by atoms with Gasteiger partial charge in [0, 0.05) is 18.7 Å². The van der Waals surface area contributed by atoms with Gasteiger partial charge >= 0.3 is 0 Å². The molecule has 0 radical (unpaired) electrons. The van der Waals surface area contributed by atoms with Crippen molar-refractivity contribution in [3.8, 4) is 0 Å². The molecule has 0 aliphatic carbocycles. The van der Waals surface area contributed by atoms with Crippen LogP contribution < -0.4 is 0 Å². The van der Waals surface area contributed by atoms with E-state index in [-0.39, 0.29) is 5.91 Å². The molecule has 0 N–H and O–H groups in total. The van der Waals surface area contributed by atoms with Gasteiger partial charge in [-0.25, -0.2) is 0 Å². The highest BCUT2D eigenvalue weighted by molar-refractivity contribution is 5.94. The molecule has 142 valence electrons. The molecule has 1 aromatic rings. The molecule has 0 spiro atoms. The van der Waals surface area contributed by atoms with Gasteiger partial charge in [0.25, 0.3) is 5.91 Å². The number of hydrogen-bond acceptors (Lipinski definition) is 1. The monoisotopic (exact) mass is 345 g/mol. The van der Waals surface area contributed by atoms with Crippen LogP contribution >= 0.6 is 0 Å². The molecule has 2 atom stereocenters. The minimum absolute atomic E-state index is 0.210. The third-order valence-electron chi connectivity index (χ3n) is 5.41. The minimum atomic E-state index is 0.210. The first-order valence-corrected chi connectivity index (χ1v) is 10.5. The van der Waals surface area contributed by atoms with Crippen LogP contribution in [0.15, 0.2) is 30.3 Å². The van der Waals surface area contributed by atoms with Crippen molar-refractivity contribution >= 4 is 5.91 Å². The van der Waals surface area contributed by atoms with Gasteiger partial charge in [0.15, 0.2) is 0 Å². The summed E-state index contributed by atoms with van der Waals surface area (Å²) in [6, 6.07) is 9.81. The molecule has 0 aliphatic heterocycles. The number of carbonyl (C=O) groups excluding carboxylic acids is 1. The highest BCUT2D eigenvalue weighted by atomic mass is 16.2. The van der Waals surface area contributed by atoms with E-state index in [1.807, 2.05) is 30.3 Å². The van der Waals surface area contributed by atoms with Crippen LogP contribution in [0.1, 0.15) is 89.4 Å². The van der Waals surface area contributed by atoms with Crippen LogP contribution in [0, 0.1) is 11.8 Å². The van der Waals surface area contributed by atoms with E-state index in [1.54, 1.807) is 0 Å². The summed E-state index contributed by atoms with van der Waals surface area (Å²) in [4.78, 5) is 15.2. The minimum Gasteiger partial charge on any atom is -0.338 e. The first-order valence-electron chi connectivity index (χ1n) is 10.5. The zero-order valence-electron chi connectivity index (χ0n) is 17.0. The van der Waals surface area contributed by atoms with Crippen molar-refractivity contribution in [3.05, 3.63) is 35.9 Å². The van der Waals surface area contributed by atoms with E-state index < -0.39 is 0 Å². The number of benzene rings is 1. The van der Waals surface area contributed by atoms with Crippen molar-refractivity contribution in [2.24, 2.45) is 11.8 Å². The molecule has 0 fully saturated rings. The molecule has 1 rings (SSSR count). The van der Waals surface area contributed by atoms with Gasteiger partial charge in [-0.1, -0.05) is 84.4 Å². The lowest BCUT2D eigenvalue weighted by Gasteiger charge is -2.29. The van der Waals surface area contributed by atoms with Crippen LogP contribution in [0.5, 0.6) is 0 Å². The number of nitrogens with zero attached hydrogens (tertiary/aromatic N) is 1. The second kappa shape index (κ2) is 13.0. The third kappa shape index (κ3) is 8.07. The Morgan fingerprint density at radius 1 is 0.880 bits per heavy atom. The van der Waals surface area contributed by atoms with Gasteiger partial charge in [0.2, 0.25) is 0 Å². The van der Waals surface area contributed by atoms with E-state index in [0.717, 1.165) is 37.4 Å². The Morgan fingerprint density at radius 3 is 2.12 bits per heavy atom. The molecule has 2 nitrogen and oxygen atoms in total. The fourth-order valence-corrected chi connectivity index (χ4v) is 3.57. The Kier molecular flexibility index (Phi) is 11.3. The fraction of sp³-hybridized carbons (Fsp3) is 0.696. The molecule has 2 heteroatoms. The Morgan fingerprint density at radius 2 is 1.56 bits per heavy atom. The van der Waals surface area contributed by atoms with Crippen molar-refractivity contribution in [1.29, 1.82) is 0 Å². The van der Waals surface area contributed by atoms with Crippen LogP contribution in [0.3, 0.4) is 0 Å². The van der Waals surface area contributed by atoms with Crippen LogP contribution in [0.25, 0.3) is 0 Å². The predicted octanol–water partition coefficient (Wildman–Crippen LogP) is 6.56. The molecule has 0 aliphatic rings. The van der Waals surface area contributed by atoms with Crippen LogP contribution in [-0.4, -0.2) is 23.9 Å². The van der Waals surface area contributed by atoms with Gasteiger partial charge in [0.1, 0.15) is 0 Å². The molecule has 0 bridgehead atoms. The van der Waals surface area contributed by atoms with Gasteiger partial charge in [-0.3, -0.25) is 4.79 Å². The topological polar surface area (TPSA) is 20.3 Å². The maximum atomic E-state index is 13.1. The molecular formula is C23H39NO. The number of rotatable bonds is 13. The lowest BCUT2D eigenvalue weighted by atomic mass is 9.95. The van der Waals surface area contributed by atoms with E-state index in [1.165, 1.54) is 38.5 Å². The van der Waals surface area contributed by atoms with E-state index in [2.05, 4.69) is 32.6 Å². The summed E-state index contributed by atoms with van der Waals surface area (Å²) in [6.45, 7) is 10.8. The summed E-state index contributed by atoms with van der Waals surface area (Å²) in [5.74, 6) is 1.58. The van der Waals surface area contributed by atoms with E-state index in [0.29, 0.717) is 5.92 Å². The molecular weight excluding hydrogens is 306 g/mol. The number of unbranched alkanes of at least 4 members (excludes halogenated alkanes) is 1. The Bertz CT molecular complexity index is 456. The Balaban J connectivity index is 2.79. The molecule has 2 unspecified atom stereocenters. The Hall–Kier alpha value is -1.31. The highest BCUT2D eigenvalue weighted by Gasteiger charge is 2.20. The van der Waals surface area contributed by atoms with Crippen LogP contribution in [-0.2, 0) is 0 Å². The van der Waals surface area contributed by atoms with Crippen molar-refractivity contribution in [1.82, 2.24) is 4.90 Å². The SMILES string of the molecule is CCCCC(CC)CN(CCC(CC)CCC)C(=O)c1ccccc1. The molecule has 0 aromatic heterocycles. The first-order chi connectivity index (χ1) is 12.2. The van der Waals surface area contributed by atoms with Crippen molar-refractivity contribution in [2.75, 3.05) is 13.1 Å². The quantitative estimate of drug-likeness (QED) is 0.396. The van der Waals surface area contributed by atoms with Crippen molar-refractivity contribution in [3.63, 3.8) is 0 Å². The zero-order valence-corrected chi connectivity index (χ0v) is 17.0. The average Bonchev–Trinajstić information content (AvgIpc) is 2.66. The normalized spacial score (nSPS) is 13.4. The van der Waals surface area contributed by atoms with Crippen molar-refractivity contribution in [2.45, 2.75) is 79.1 Å². The third-order valence-corrected chi connectivity index (χ3v) is 5.41. The fourth-order valence-electron chi connectivity index (χ4n) is 3.57. The smallest absolute Gasteiger partial charge is 0.253 e. The second-order valence-corrected chi connectivity index (χ2v) is 7.39. The summed E-state index contributed by atoms with van der Waals surface area (Å²) in [5, 5.41) is 0. The summed E-state index contributed by atoms with van der Waals surface area (Å²) in [5.41, 5.74) is 0.830. The molecule has 1 amide bonds. The summed E-state index contributed by atoms with van der Waals surface area (Å²) >= 11 is 0. The maximum Gasteiger partial charge on any atom is 0.253 e. The molecule has 0 saturated carbocycles. The molecule has 0 saturated heterocycles. The summed E-state index contributed by atoms with van der Waals surface area (Å²) in [7, 11) is 0. The van der Waals surface area contributed by atoms with Crippen LogP contribution in [0.2, 0.25) is 0 Å².